The van der Waals surface area contributed by atoms with Crippen molar-refractivity contribution in [2.45, 2.75) is 0 Å². The van der Waals surface area contributed by atoms with E-state index in [2.05, 4.69) is 11.6 Å². The van der Waals surface area contributed by atoms with Crippen molar-refractivity contribution >= 4 is 11.9 Å². The molecule has 0 aliphatic heterocycles. The van der Waals surface area contributed by atoms with Crippen LogP contribution in [0.4, 0.5) is 0 Å². The molecule has 0 atom stereocenters. The summed E-state index contributed by atoms with van der Waals surface area (Å²) in [4.78, 5) is 27.2. The number of amides is 1. The monoisotopic (exact) mass is 236 g/mol. The van der Waals surface area contributed by atoms with Gasteiger partial charge in [0.1, 0.15) is 12.3 Å². The molecule has 0 radical (unpaired) electrons. The van der Waals surface area contributed by atoms with Crippen molar-refractivity contribution in [1.82, 2.24) is 9.88 Å². The second-order valence-electron chi connectivity index (χ2n) is 3.26. The third-order valence-electron chi connectivity index (χ3n) is 1.99. The topological polar surface area (TPSA) is 90.7 Å². The van der Waals surface area contributed by atoms with Gasteiger partial charge in [-0.3, -0.25) is 14.6 Å². The maximum absolute atomic E-state index is 11.9. The molecular weight excluding hydrogens is 224 g/mol. The standard InChI is InChI=1S/C11H12N2O4/c1-2-5-13(7-10(15)16)11(17)8-3-4-12-6-9(8)14/h2-4,6,14H,1,5,7H2,(H,15,16). The molecule has 0 bridgehead atoms. The third kappa shape index (κ3) is 3.30. The van der Waals surface area contributed by atoms with Gasteiger partial charge < -0.3 is 15.1 Å². The fourth-order valence-corrected chi connectivity index (χ4v) is 1.28. The molecule has 17 heavy (non-hydrogen) atoms. The number of carboxylic acid groups (broad SMARTS) is 1. The van der Waals surface area contributed by atoms with Crippen LogP contribution in [0.3, 0.4) is 0 Å². The average Bonchev–Trinajstić information content (AvgIpc) is 2.28. The minimum absolute atomic E-state index is 0.0168. The predicted octanol–water partition coefficient (Wildman–Crippen LogP) is 0.500. The van der Waals surface area contributed by atoms with E-state index in [4.69, 9.17) is 5.11 Å². The fraction of sp³-hybridized carbons (Fsp3) is 0.182. The van der Waals surface area contributed by atoms with E-state index in [9.17, 15) is 14.7 Å². The lowest BCUT2D eigenvalue weighted by atomic mass is 10.2. The first-order valence-corrected chi connectivity index (χ1v) is 4.81. The zero-order chi connectivity index (χ0) is 12.8. The van der Waals surface area contributed by atoms with Crippen LogP contribution in [0.5, 0.6) is 5.75 Å². The van der Waals surface area contributed by atoms with Crippen LogP contribution in [0.15, 0.2) is 31.1 Å². The molecule has 1 aromatic rings. The molecule has 0 aliphatic rings. The lowest BCUT2D eigenvalue weighted by molar-refractivity contribution is -0.137. The molecule has 0 unspecified atom stereocenters. The van der Waals surface area contributed by atoms with Crippen LogP contribution >= 0.6 is 0 Å². The summed E-state index contributed by atoms with van der Waals surface area (Å²) in [6.45, 7) is 3.08. The first kappa shape index (κ1) is 12.7. The first-order valence-electron chi connectivity index (χ1n) is 4.81. The maximum Gasteiger partial charge on any atom is 0.323 e. The smallest absolute Gasteiger partial charge is 0.323 e. The molecule has 6 nitrogen and oxygen atoms in total. The Morgan fingerprint density at radius 2 is 2.24 bits per heavy atom. The molecule has 6 heteroatoms. The molecule has 2 N–H and O–H groups in total. The van der Waals surface area contributed by atoms with Crippen molar-refractivity contribution in [3.63, 3.8) is 0 Å². The molecule has 1 heterocycles. The van der Waals surface area contributed by atoms with Crippen LogP contribution in [0.2, 0.25) is 0 Å². The number of rotatable bonds is 5. The van der Waals surface area contributed by atoms with Crippen molar-refractivity contribution in [1.29, 1.82) is 0 Å². The Labute approximate surface area is 97.8 Å². The van der Waals surface area contributed by atoms with Crippen molar-refractivity contribution in [3.8, 4) is 5.75 Å². The SMILES string of the molecule is C=CCN(CC(=O)O)C(=O)c1ccncc1O. The van der Waals surface area contributed by atoms with Gasteiger partial charge >= 0.3 is 5.97 Å². The fourth-order valence-electron chi connectivity index (χ4n) is 1.28. The highest BCUT2D eigenvalue weighted by Gasteiger charge is 2.19. The Morgan fingerprint density at radius 1 is 1.53 bits per heavy atom. The second-order valence-corrected chi connectivity index (χ2v) is 3.26. The zero-order valence-electron chi connectivity index (χ0n) is 9.04. The van der Waals surface area contributed by atoms with Gasteiger partial charge in [-0.25, -0.2) is 0 Å². The maximum atomic E-state index is 11.9. The molecule has 0 spiro atoms. The Balaban J connectivity index is 2.95. The summed E-state index contributed by atoms with van der Waals surface area (Å²) in [6, 6.07) is 1.33. The van der Waals surface area contributed by atoms with E-state index in [1.165, 1.54) is 18.3 Å². The van der Waals surface area contributed by atoms with Gasteiger partial charge in [-0.1, -0.05) is 6.08 Å². The van der Waals surface area contributed by atoms with Gasteiger partial charge in [0.15, 0.2) is 0 Å². The third-order valence-corrected chi connectivity index (χ3v) is 1.99. The van der Waals surface area contributed by atoms with Crippen LogP contribution in [0, 0.1) is 0 Å². The number of aromatic nitrogens is 1. The Bertz CT molecular complexity index is 445. The summed E-state index contributed by atoms with van der Waals surface area (Å²) in [7, 11) is 0. The molecule has 0 aliphatic carbocycles. The van der Waals surface area contributed by atoms with Crippen molar-refractivity contribution in [3.05, 3.63) is 36.7 Å². The summed E-state index contributed by atoms with van der Waals surface area (Å²) in [6.07, 6.45) is 3.89. The number of carbonyl (C=O) groups excluding carboxylic acids is 1. The van der Waals surface area contributed by atoms with Crippen molar-refractivity contribution < 1.29 is 19.8 Å². The predicted molar refractivity (Wildman–Crippen MR) is 59.6 cm³/mol. The number of nitrogens with zero attached hydrogens (tertiary/aromatic N) is 2. The van der Waals surface area contributed by atoms with Crippen molar-refractivity contribution in [2.24, 2.45) is 0 Å². The molecule has 0 saturated heterocycles. The van der Waals surface area contributed by atoms with Gasteiger partial charge in [-0.15, -0.1) is 6.58 Å². The summed E-state index contributed by atoms with van der Waals surface area (Å²) < 4.78 is 0. The van der Waals surface area contributed by atoms with Gasteiger partial charge in [-0.05, 0) is 6.07 Å². The van der Waals surface area contributed by atoms with E-state index < -0.39 is 18.4 Å². The molecule has 1 aromatic heterocycles. The molecular formula is C11H12N2O4. The lowest BCUT2D eigenvalue weighted by Crippen LogP contribution is -2.35. The van der Waals surface area contributed by atoms with Crippen LogP contribution in [0.1, 0.15) is 10.4 Å². The van der Waals surface area contributed by atoms with E-state index in [0.29, 0.717) is 0 Å². The zero-order valence-corrected chi connectivity index (χ0v) is 9.04. The number of hydrogen-bond donors (Lipinski definition) is 2. The number of carboxylic acids is 1. The van der Waals surface area contributed by atoms with Gasteiger partial charge in [0, 0.05) is 12.7 Å². The minimum atomic E-state index is -1.13. The van der Waals surface area contributed by atoms with Crippen LogP contribution in [-0.4, -0.2) is 45.1 Å². The van der Waals surface area contributed by atoms with Gasteiger partial charge in [0.2, 0.25) is 0 Å². The Kier molecular flexibility index (Phi) is 4.21. The highest BCUT2D eigenvalue weighted by Crippen LogP contribution is 2.16. The largest absolute Gasteiger partial charge is 0.505 e. The molecule has 90 valence electrons. The summed E-state index contributed by atoms with van der Waals surface area (Å²) in [5.41, 5.74) is 0.0168. The Morgan fingerprint density at radius 3 is 2.76 bits per heavy atom. The molecule has 0 aromatic carbocycles. The highest BCUT2D eigenvalue weighted by atomic mass is 16.4. The van der Waals surface area contributed by atoms with Crippen molar-refractivity contribution in [2.75, 3.05) is 13.1 Å². The summed E-state index contributed by atoms with van der Waals surface area (Å²) in [5.74, 6) is -1.99. The van der Waals surface area contributed by atoms with Crippen LogP contribution in [-0.2, 0) is 4.79 Å². The normalized spacial score (nSPS) is 9.65. The van der Waals surface area contributed by atoms with E-state index in [0.717, 1.165) is 11.1 Å². The van der Waals surface area contributed by atoms with Crippen LogP contribution in [0.25, 0.3) is 0 Å². The van der Waals surface area contributed by atoms with E-state index in [1.54, 1.807) is 0 Å². The van der Waals surface area contributed by atoms with Crippen LogP contribution < -0.4 is 0 Å². The molecule has 1 amide bonds. The van der Waals surface area contributed by atoms with E-state index in [-0.39, 0.29) is 17.9 Å². The van der Waals surface area contributed by atoms with Gasteiger partial charge in [0.05, 0.1) is 11.8 Å². The summed E-state index contributed by atoms with van der Waals surface area (Å²) in [5, 5.41) is 18.1. The minimum Gasteiger partial charge on any atom is -0.505 e. The first-order chi connectivity index (χ1) is 8.06. The van der Waals surface area contributed by atoms with Gasteiger partial charge in [-0.2, -0.15) is 0 Å². The quantitative estimate of drug-likeness (QED) is 0.726. The van der Waals surface area contributed by atoms with E-state index in [1.807, 2.05) is 0 Å². The Hall–Kier alpha value is -2.37. The molecule has 1 rings (SSSR count). The summed E-state index contributed by atoms with van der Waals surface area (Å²) >= 11 is 0. The average molecular weight is 236 g/mol. The molecule has 0 saturated carbocycles. The lowest BCUT2D eigenvalue weighted by Gasteiger charge is -2.19. The number of aliphatic carboxylic acids is 1. The highest BCUT2D eigenvalue weighted by molar-refractivity contribution is 5.98. The number of aromatic hydroxyl groups is 1. The van der Waals surface area contributed by atoms with Gasteiger partial charge in [0.25, 0.3) is 5.91 Å². The second kappa shape index (κ2) is 5.64. The number of hydrogen-bond acceptors (Lipinski definition) is 4. The molecule has 0 fully saturated rings. The van der Waals surface area contributed by atoms with E-state index >= 15 is 0 Å². The number of carbonyl (C=O) groups is 2. The number of pyridine rings is 1.